The lowest BCUT2D eigenvalue weighted by Gasteiger charge is -2.09. The van der Waals surface area contributed by atoms with Crippen molar-refractivity contribution in [2.75, 3.05) is 0 Å². The Morgan fingerprint density at radius 3 is 2.50 bits per heavy atom. The molecule has 0 aliphatic rings. The molecule has 2 aromatic rings. The number of hydrogen-bond acceptors (Lipinski definition) is 3. The average Bonchev–Trinajstić information content (AvgIpc) is 2.28. The van der Waals surface area contributed by atoms with Crippen LogP contribution in [0, 0.1) is 0 Å². The Hall–Kier alpha value is -1.93. The monoisotopic (exact) mass is 304 g/mol. The molecule has 8 heteroatoms. The molecule has 0 radical (unpaired) electrons. The Labute approximate surface area is 120 Å². The smallest absolute Gasteiger partial charge is 0.320 e. The fourth-order valence-corrected chi connectivity index (χ4v) is 1.77. The SMILES string of the molecule is Cl.NC(Cc1cc(=O)[nH]c2ccccc12)C(=O)O.O.O. The second kappa shape index (κ2) is 8.28. The third-order valence-corrected chi connectivity index (χ3v) is 2.59. The van der Waals surface area contributed by atoms with Gasteiger partial charge in [0.05, 0.1) is 0 Å². The summed E-state index contributed by atoms with van der Waals surface area (Å²) < 4.78 is 0. The number of carbonyl (C=O) groups is 1. The maximum Gasteiger partial charge on any atom is 0.320 e. The summed E-state index contributed by atoms with van der Waals surface area (Å²) in [5.41, 5.74) is 6.56. The second-order valence-electron chi connectivity index (χ2n) is 3.85. The van der Waals surface area contributed by atoms with Gasteiger partial charge in [0, 0.05) is 17.0 Å². The fourth-order valence-electron chi connectivity index (χ4n) is 1.77. The summed E-state index contributed by atoms with van der Waals surface area (Å²) in [6.07, 6.45) is 0.139. The van der Waals surface area contributed by atoms with Gasteiger partial charge < -0.3 is 26.8 Å². The lowest BCUT2D eigenvalue weighted by molar-refractivity contribution is -0.138. The van der Waals surface area contributed by atoms with Gasteiger partial charge in [0.2, 0.25) is 5.56 Å². The van der Waals surface area contributed by atoms with Gasteiger partial charge in [0.25, 0.3) is 0 Å². The van der Waals surface area contributed by atoms with Gasteiger partial charge in [0.1, 0.15) is 6.04 Å². The van der Waals surface area contributed by atoms with Gasteiger partial charge in [0.15, 0.2) is 0 Å². The Morgan fingerprint density at radius 2 is 1.90 bits per heavy atom. The minimum atomic E-state index is -1.07. The molecule has 0 saturated carbocycles. The molecule has 1 unspecified atom stereocenters. The van der Waals surface area contributed by atoms with E-state index in [4.69, 9.17) is 10.8 Å². The summed E-state index contributed by atoms with van der Waals surface area (Å²) in [5.74, 6) is -1.07. The molecule has 0 fully saturated rings. The molecule has 1 aromatic carbocycles. The molecule has 1 aromatic heterocycles. The number of pyridine rings is 1. The van der Waals surface area contributed by atoms with Crippen LogP contribution in [0.1, 0.15) is 5.56 Å². The predicted octanol–water partition coefficient (Wildman–Crippen LogP) is -0.745. The van der Waals surface area contributed by atoms with Gasteiger partial charge in [-0.05, 0) is 18.1 Å². The minimum Gasteiger partial charge on any atom is -0.480 e. The predicted molar refractivity (Wildman–Crippen MR) is 78.4 cm³/mol. The van der Waals surface area contributed by atoms with E-state index in [1.807, 2.05) is 12.1 Å². The maximum absolute atomic E-state index is 11.4. The Bertz CT molecular complexity index is 629. The van der Waals surface area contributed by atoms with Crippen LogP contribution < -0.4 is 11.3 Å². The number of halogens is 1. The normalized spacial score (nSPS) is 10.7. The molecule has 20 heavy (non-hydrogen) atoms. The highest BCUT2D eigenvalue weighted by atomic mass is 35.5. The summed E-state index contributed by atoms with van der Waals surface area (Å²) in [7, 11) is 0. The molecule has 1 atom stereocenters. The molecular weight excluding hydrogens is 288 g/mol. The average molecular weight is 305 g/mol. The van der Waals surface area contributed by atoms with Crippen LogP contribution >= 0.6 is 12.4 Å². The van der Waals surface area contributed by atoms with E-state index in [-0.39, 0.29) is 35.3 Å². The molecule has 1 heterocycles. The summed E-state index contributed by atoms with van der Waals surface area (Å²) >= 11 is 0. The number of H-pyrrole nitrogens is 1. The van der Waals surface area contributed by atoms with Gasteiger partial charge in [-0.2, -0.15) is 0 Å². The second-order valence-corrected chi connectivity index (χ2v) is 3.85. The van der Waals surface area contributed by atoms with Crippen molar-refractivity contribution in [1.29, 1.82) is 0 Å². The highest BCUT2D eigenvalue weighted by Crippen LogP contribution is 2.15. The molecule has 8 N–H and O–H groups in total. The van der Waals surface area contributed by atoms with Crippen molar-refractivity contribution in [3.63, 3.8) is 0 Å². The van der Waals surface area contributed by atoms with Crippen LogP contribution in [-0.2, 0) is 11.2 Å². The zero-order valence-corrected chi connectivity index (χ0v) is 11.2. The first-order valence-corrected chi connectivity index (χ1v) is 5.17. The van der Waals surface area contributed by atoms with Crippen molar-refractivity contribution < 1.29 is 20.9 Å². The van der Waals surface area contributed by atoms with E-state index < -0.39 is 12.0 Å². The van der Waals surface area contributed by atoms with Crippen molar-refractivity contribution >= 4 is 29.3 Å². The first-order chi connectivity index (χ1) is 8.08. The third-order valence-electron chi connectivity index (χ3n) is 2.59. The van der Waals surface area contributed by atoms with E-state index >= 15 is 0 Å². The number of carboxylic acid groups (broad SMARTS) is 1. The number of rotatable bonds is 3. The van der Waals surface area contributed by atoms with Crippen LogP contribution in [0.5, 0.6) is 0 Å². The molecule has 0 spiro atoms. The number of aromatic amines is 1. The van der Waals surface area contributed by atoms with Crippen LogP contribution in [0.4, 0.5) is 0 Å². The molecule has 112 valence electrons. The van der Waals surface area contributed by atoms with E-state index in [1.54, 1.807) is 12.1 Å². The van der Waals surface area contributed by atoms with E-state index in [9.17, 15) is 9.59 Å². The first-order valence-electron chi connectivity index (χ1n) is 5.17. The van der Waals surface area contributed by atoms with Crippen LogP contribution in [-0.4, -0.2) is 33.1 Å². The summed E-state index contributed by atoms with van der Waals surface area (Å²) in [6, 6.07) is 7.63. The fraction of sp³-hybridized carbons (Fsp3) is 0.167. The number of benzene rings is 1. The standard InChI is InChI=1S/C12H12N2O3.ClH.2H2O/c13-9(12(16)17)5-7-6-11(15)14-10-4-2-1-3-8(7)10;;;/h1-4,6,9H,5,13H2,(H,14,15)(H,16,17);1H;2*1H2. The van der Waals surface area contributed by atoms with Crippen LogP contribution in [0.3, 0.4) is 0 Å². The zero-order chi connectivity index (χ0) is 12.4. The number of nitrogens with one attached hydrogen (secondary N) is 1. The number of aliphatic carboxylic acids is 1. The summed E-state index contributed by atoms with van der Waals surface area (Å²) in [6.45, 7) is 0. The zero-order valence-electron chi connectivity index (χ0n) is 10.4. The largest absolute Gasteiger partial charge is 0.480 e. The Balaban J connectivity index is 0. The number of aromatic nitrogens is 1. The number of hydrogen-bond donors (Lipinski definition) is 3. The number of fused-ring (bicyclic) bond motifs is 1. The molecule has 0 aliphatic carbocycles. The maximum atomic E-state index is 11.4. The molecule has 7 nitrogen and oxygen atoms in total. The number of carboxylic acids is 1. The molecule has 0 amide bonds. The van der Waals surface area contributed by atoms with Gasteiger partial charge in [-0.15, -0.1) is 12.4 Å². The highest BCUT2D eigenvalue weighted by molar-refractivity contribution is 5.85. The van der Waals surface area contributed by atoms with Crippen LogP contribution in [0.2, 0.25) is 0 Å². The van der Waals surface area contributed by atoms with E-state index in [0.29, 0.717) is 11.1 Å². The van der Waals surface area contributed by atoms with Gasteiger partial charge in [-0.25, -0.2) is 0 Å². The van der Waals surface area contributed by atoms with E-state index in [1.165, 1.54) is 6.07 Å². The number of nitrogens with two attached hydrogens (primary N) is 1. The molecule has 0 bridgehead atoms. The van der Waals surface area contributed by atoms with E-state index in [2.05, 4.69) is 4.98 Å². The Kier molecular flexibility index (Phi) is 8.44. The molecule has 2 rings (SSSR count). The summed E-state index contributed by atoms with van der Waals surface area (Å²) in [4.78, 5) is 24.8. The van der Waals surface area contributed by atoms with Crippen molar-refractivity contribution in [1.82, 2.24) is 4.98 Å². The Morgan fingerprint density at radius 1 is 1.30 bits per heavy atom. The molecular formula is C12H17ClN2O5. The van der Waals surface area contributed by atoms with Crippen molar-refractivity contribution in [3.05, 3.63) is 46.2 Å². The molecule has 0 aliphatic heterocycles. The third kappa shape index (κ3) is 4.32. The van der Waals surface area contributed by atoms with Crippen molar-refractivity contribution in [2.24, 2.45) is 5.73 Å². The van der Waals surface area contributed by atoms with Crippen molar-refractivity contribution in [3.8, 4) is 0 Å². The summed E-state index contributed by atoms with van der Waals surface area (Å²) in [5, 5.41) is 9.60. The highest BCUT2D eigenvalue weighted by Gasteiger charge is 2.14. The minimum absolute atomic E-state index is 0. The quantitative estimate of drug-likeness (QED) is 0.681. The van der Waals surface area contributed by atoms with E-state index in [0.717, 1.165) is 5.39 Å². The van der Waals surface area contributed by atoms with Crippen molar-refractivity contribution in [2.45, 2.75) is 12.5 Å². The van der Waals surface area contributed by atoms with Crippen LogP contribution in [0.25, 0.3) is 10.9 Å². The van der Waals surface area contributed by atoms with Gasteiger partial charge >= 0.3 is 5.97 Å². The van der Waals surface area contributed by atoms with Crippen LogP contribution in [0.15, 0.2) is 35.1 Å². The number of para-hydroxylation sites is 1. The molecule has 0 saturated heterocycles. The lowest BCUT2D eigenvalue weighted by Crippen LogP contribution is -2.32. The van der Waals surface area contributed by atoms with Gasteiger partial charge in [-0.3, -0.25) is 9.59 Å². The lowest BCUT2D eigenvalue weighted by atomic mass is 10.0. The first kappa shape index (κ1) is 20.4. The van der Waals surface area contributed by atoms with Gasteiger partial charge in [-0.1, -0.05) is 18.2 Å². The topological polar surface area (TPSA) is 159 Å².